The quantitative estimate of drug-likeness (QED) is 0.810. The van der Waals surface area contributed by atoms with Gasteiger partial charge in [0.05, 0.1) is 0 Å². The summed E-state index contributed by atoms with van der Waals surface area (Å²) < 4.78 is 0. The van der Waals surface area contributed by atoms with Crippen molar-refractivity contribution in [1.82, 2.24) is 0 Å². The normalized spacial score (nSPS) is 26.5. The van der Waals surface area contributed by atoms with Crippen LogP contribution in [-0.2, 0) is 0 Å². The van der Waals surface area contributed by atoms with Gasteiger partial charge in [-0.05, 0) is 25.0 Å². The fraction of sp³-hybridized carbons (Fsp3) is 0.500. The van der Waals surface area contributed by atoms with Crippen LogP contribution in [0.3, 0.4) is 0 Å². The summed E-state index contributed by atoms with van der Waals surface area (Å²) in [6.07, 6.45) is 4.80. The van der Waals surface area contributed by atoms with E-state index in [0.29, 0.717) is 11.0 Å². The van der Waals surface area contributed by atoms with Crippen molar-refractivity contribution < 1.29 is 5.11 Å². The smallest absolute Gasteiger partial charge is 0.129 e. The van der Waals surface area contributed by atoms with Crippen LogP contribution in [-0.4, -0.2) is 16.4 Å². The van der Waals surface area contributed by atoms with Gasteiger partial charge in [0.1, 0.15) is 5.75 Å². The Labute approximate surface area is 94.9 Å². The van der Waals surface area contributed by atoms with Gasteiger partial charge in [0.2, 0.25) is 0 Å². The lowest BCUT2D eigenvalue weighted by Gasteiger charge is -2.28. The first-order valence-corrected chi connectivity index (χ1v) is 6.35. The first-order valence-electron chi connectivity index (χ1n) is 5.47. The molecule has 1 aliphatic rings. The Balaban J connectivity index is 2.04. The standard InChI is InChI=1S/C12H17NOS/c13-9-5-1-3-7-11(9)15-12-8-4-2-6-10(12)14/h2,4,6,8-9,11,14H,1,3,5,7,13H2. The van der Waals surface area contributed by atoms with Crippen molar-refractivity contribution in [2.75, 3.05) is 0 Å². The SMILES string of the molecule is NC1CCCCC1Sc1ccccc1O. The third-order valence-electron chi connectivity index (χ3n) is 2.90. The fourth-order valence-corrected chi connectivity index (χ4v) is 3.26. The number of hydrogen-bond acceptors (Lipinski definition) is 3. The highest BCUT2D eigenvalue weighted by Gasteiger charge is 2.23. The van der Waals surface area contributed by atoms with Crippen molar-refractivity contribution in [3.63, 3.8) is 0 Å². The molecule has 2 rings (SSSR count). The number of phenolic OH excluding ortho intramolecular Hbond substituents is 1. The van der Waals surface area contributed by atoms with E-state index >= 15 is 0 Å². The lowest BCUT2D eigenvalue weighted by Crippen LogP contribution is -2.35. The Morgan fingerprint density at radius 3 is 2.67 bits per heavy atom. The van der Waals surface area contributed by atoms with E-state index in [1.165, 1.54) is 19.3 Å². The number of phenols is 1. The van der Waals surface area contributed by atoms with E-state index in [4.69, 9.17) is 5.73 Å². The number of aromatic hydroxyl groups is 1. The molecule has 82 valence electrons. The molecule has 3 N–H and O–H groups in total. The van der Waals surface area contributed by atoms with E-state index in [9.17, 15) is 5.11 Å². The summed E-state index contributed by atoms with van der Waals surface area (Å²) >= 11 is 1.72. The van der Waals surface area contributed by atoms with E-state index < -0.39 is 0 Å². The van der Waals surface area contributed by atoms with Crippen molar-refractivity contribution in [2.45, 2.75) is 41.9 Å². The van der Waals surface area contributed by atoms with Crippen molar-refractivity contribution in [3.8, 4) is 5.75 Å². The molecule has 0 radical (unpaired) electrons. The Morgan fingerprint density at radius 2 is 1.93 bits per heavy atom. The average Bonchev–Trinajstić information content (AvgIpc) is 2.24. The van der Waals surface area contributed by atoms with Crippen LogP contribution in [0.15, 0.2) is 29.2 Å². The molecule has 1 aromatic carbocycles. The van der Waals surface area contributed by atoms with E-state index in [-0.39, 0.29) is 6.04 Å². The number of benzene rings is 1. The molecular weight excluding hydrogens is 206 g/mol. The molecule has 1 saturated carbocycles. The molecule has 1 aromatic rings. The minimum atomic E-state index is 0.281. The van der Waals surface area contributed by atoms with Crippen LogP contribution in [0.5, 0.6) is 5.75 Å². The second-order valence-electron chi connectivity index (χ2n) is 4.07. The molecule has 15 heavy (non-hydrogen) atoms. The third-order valence-corrected chi connectivity index (χ3v) is 4.38. The molecule has 0 aliphatic heterocycles. The van der Waals surface area contributed by atoms with Crippen LogP contribution in [0.4, 0.5) is 0 Å². The number of nitrogens with two attached hydrogens (primary N) is 1. The Bertz CT molecular complexity index is 329. The molecule has 3 heteroatoms. The molecule has 0 heterocycles. The van der Waals surface area contributed by atoms with E-state index in [1.807, 2.05) is 18.2 Å². The van der Waals surface area contributed by atoms with Gasteiger partial charge in [-0.15, -0.1) is 11.8 Å². The molecule has 0 aromatic heterocycles. The Kier molecular flexibility index (Phi) is 3.54. The van der Waals surface area contributed by atoms with Gasteiger partial charge in [0, 0.05) is 16.2 Å². The topological polar surface area (TPSA) is 46.2 Å². The summed E-state index contributed by atoms with van der Waals surface area (Å²) in [5, 5.41) is 10.1. The summed E-state index contributed by atoms with van der Waals surface area (Å²) in [7, 11) is 0. The lowest BCUT2D eigenvalue weighted by molar-refractivity contribution is 0.449. The van der Waals surface area contributed by atoms with Crippen LogP contribution < -0.4 is 5.73 Å². The van der Waals surface area contributed by atoms with Crippen LogP contribution in [0, 0.1) is 0 Å². The van der Waals surface area contributed by atoms with Gasteiger partial charge in [-0.3, -0.25) is 0 Å². The highest BCUT2D eigenvalue weighted by atomic mass is 32.2. The van der Waals surface area contributed by atoms with Crippen molar-refractivity contribution in [2.24, 2.45) is 5.73 Å². The van der Waals surface area contributed by atoms with Gasteiger partial charge in [0.25, 0.3) is 0 Å². The first-order chi connectivity index (χ1) is 7.27. The number of hydrogen-bond donors (Lipinski definition) is 2. The lowest BCUT2D eigenvalue weighted by atomic mass is 9.96. The zero-order valence-electron chi connectivity index (χ0n) is 8.73. The minimum Gasteiger partial charge on any atom is -0.507 e. The predicted molar refractivity (Wildman–Crippen MR) is 64.2 cm³/mol. The summed E-state index contributed by atoms with van der Waals surface area (Å²) in [5.74, 6) is 0.375. The summed E-state index contributed by atoms with van der Waals surface area (Å²) in [6, 6.07) is 7.78. The molecule has 2 unspecified atom stereocenters. The van der Waals surface area contributed by atoms with Gasteiger partial charge in [0.15, 0.2) is 0 Å². The molecule has 2 nitrogen and oxygen atoms in total. The second-order valence-corrected chi connectivity index (χ2v) is 5.35. The Hall–Kier alpha value is -0.670. The maximum atomic E-state index is 9.67. The zero-order valence-corrected chi connectivity index (χ0v) is 9.54. The van der Waals surface area contributed by atoms with Gasteiger partial charge in [-0.25, -0.2) is 0 Å². The highest BCUT2D eigenvalue weighted by molar-refractivity contribution is 8.00. The summed E-state index contributed by atoms with van der Waals surface area (Å²) in [5.41, 5.74) is 6.07. The number of para-hydroxylation sites is 1. The van der Waals surface area contributed by atoms with Crippen molar-refractivity contribution in [1.29, 1.82) is 0 Å². The average molecular weight is 223 g/mol. The fourth-order valence-electron chi connectivity index (χ4n) is 1.99. The minimum absolute atomic E-state index is 0.281. The van der Waals surface area contributed by atoms with Crippen molar-refractivity contribution >= 4 is 11.8 Å². The number of rotatable bonds is 2. The maximum Gasteiger partial charge on any atom is 0.129 e. The van der Waals surface area contributed by atoms with Crippen LogP contribution >= 0.6 is 11.8 Å². The molecule has 2 atom stereocenters. The predicted octanol–water partition coefficient (Wildman–Crippen LogP) is 2.75. The van der Waals surface area contributed by atoms with E-state index in [0.717, 1.165) is 11.3 Å². The van der Waals surface area contributed by atoms with E-state index in [1.54, 1.807) is 17.8 Å². The zero-order chi connectivity index (χ0) is 10.7. The molecule has 1 aliphatic carbocycles. The molecule has 0 spiro atoms. The Morgan fingerprint density at radius 1 is 1.20 bits per heavy atom. The maximum absolute atomic E-state index is 9.67. The third kappa shape index (κ3) is 2.67. The van der Waals surface area contributed by atoms with Crippen LogP contribution in [0.25, 0.3) is 0 Å². The van der Waals surface area contributed by atoms with Crippen LogP contribution in [0.1, 0.15) is 25.7 Å². The highest BCUT2D eigenvalue weighted by Crippen LogP contribution is 2.36. The first kappa shape index (κ1) is 10.8. The monoisotopic (exact) mass is 223 g/mol. The second kappa shape index (κ2) is 4.90. The van der Waals surface area contributed by atoms with Gasteiger partial charge >= 0.3 is 0 Å². The summed E-state index contributed by atoms with van der Waals surface area (Å²) in [6.45, 7) is 0. The van der Waals surface area contributed by atoms with Gasteiger partial charge in [-0.1, -0.05) is 25.0 Å². The molecule has 0 amide bonds. The molecular formula is C12H17NOS. The number of thioether (sulfide) groups is 1. The molecule has 1 fully saturated rings. The molecule has 0 bridgehead atoms. The van der Waals surface area contributed by atoms with E-state index in [2.05, 4.69) is 0 Å². The van der Waals surface area contributed by atoms with Gasteiger partial charge in [-0.2, -0.15) is 0 Å². The summed E-state index contributed by atoms with van der Waals surface area (Å²) in [4.78, 5) is 0.958. The largest absolute Gasteiger partial charge is 0.507 e. The molecule has 0 saturated heterocycles. The van der Waals surface area contributed by atoms with Gasteiger partial charge < -0.3 is 10.8 Å². The van der Waals surface area contributed by atoms with Crippen molar-refractivity contribution in [3.05, 3.63) is 24.3 Å². The van der Waals surface area contributed by atoms with Crippen LogP contribution in [0.2, 0.25) is 0 Å².